The molecule has 0 saturated carbocycles. The van der Waals surface area contributed by atoms with E-state index >= 15 is 0 Å². The van der Waals surface area contributed by atoms with E-state index < -0.39 is 0 Å². The first-order valence-corrected chi connectivity index (χ1v) is 8.64. The van der Waals surface area contributed by atoms with Crippen LogP contribution < -0.4 is 0 Å². The molecular formula is C19H32O3. The lowest BCUT2D eigenvalue weighted by Gasteiger charge is -1.99. The zero-order valence-electron chi connectivity index (χ0n) is 14.3. The molecule has 0 N–H and O–H groups in total. The molecule has 0 aliphatic carbocycles. The molecule has 0 saturated heterocycles. The van der Waals surface area contributed by atoms with Crippen LogP contribution in [0, 0.1) is 0 Å². The van der Waals surface area contributed by atoms with Gasteiger partial charge in [-0.2, -0.15) is 0 Å². The van der Waals surface area contributed by atoms with Gasteiger partial charge in [-0.1, -0.05) is 51.2 Å². The molecule has 3 heteroatoms. The lowest BCUT2D eigenvalue weighted by molar-refractivity contribution is -0.140. The predicted octanol–water partition coefficient (Wildman–Crippen LogP) is 5.15. The summed E-state index contributed by atoms with van der Waals surface area (Å²) in [4.78, 5) is 22.4. The van der Waals surface area contributed by atoms with Crippen molar-refractivity contribution in [3.05, 3.63) is 24.3 Å². The summed E-state index contributed by atoms with van der Waals surface area (Å²) in [6.45, 7) is 2.18. The molecule has 0 aromatic rings. The van der Waals surface area contributed by atoms with E-state index in [1.807, 2.05) is 12.2 Å². The van der Waals surface area contributed by atoms with Gasteiger partial charge in [-0.05, 0) is 44.3 Å². The minimum absolute atomic E-state index is 0.0922. The van der Waals surface area contributed by atoms with Gasteiger partial charge in [0.25, 0.3) is 0 Å². The largest absolute Gasteiger partial charge is 0.469 e. The highest BCUT2D eigenvalue weighted by atomic mass is 16.5. The summed E-state index contributed by atoms with van der Waals surface area (Å²) in [7, 11) is 1.43. The summed E-state index contributed by atoms with van der Waals surface area (Å²) in [5.74, 6) is -0.0289. The highest BCUT2D eigenvalue weighted by molar-refractivity contribution is 5.99. The Labute approximate surface area is 135 Å². The second kappa shape index (κ2) is 16.0. The van der Waals surface area contributed by atoms with Crippen LogP contribution in [-0.2, 0) is 14.3 Å². The van der Waals surface area contributed by atoms with Crippen molar-refractivity contribution in [1.29, 1.82) is 0 Å². The Bertz CT molecular complexity index is 343. The Balaban J connectivity index is 3.42. The van der Waals surface area contributed by atoms with Gasteiger partial charge in [0.2, 0.25) is 0 Å². The molecule has 0 aliphatic heterocycles. The van der Waals surface area contributed by atoms with Gasteiger partial charge in [-0.15, -0.1) is 0 Å². The fourth-order valence-corrected chi connectivity index (χ4v) is 2.13. The van der Waals surface area contributed by atoms with Crippen LogP contribution in [0.5, 0.6) is 0 Å². The number of unbranched alkanes of at least 4 members (excludes halogenated alkanes) is 8. The number of esters is 1. The zero-order valence-corrected chi connectivity index (χ0v) is 14.3. The molecule has 0 radical (unpaired) electrons. The Hall–Kier alpha value is -1.38. The molecule has 126 valence electrons. The number of rotatable bonds is 14. The average molecular weight is 308 g/mol. The van der Waals surface area contributed by atoms with E-state index in [1.165, 1.54) is 26.4 Å². The van der Waals surface area contributed by atoms with Crippen LogP contribution >= 0.6 is 0 Å². The van der Waals surface area contributed by atoms with Crippen molar-refractivity contribution in [2.75, 3.05) is 7.11 Å². The molecule has 0 bridgehead atoms. The Morgan fingerprint density at radius 3 is 1.95 bits per heavy atom. The fraction of sp³-hybridized carbons (Fsp3) is 0.684. The van der Waals surface area contributed by atoms with Crippen LogP contribution in [0.25, 0.3) is 0 Å². The fourth-order valence-electron chi connectivity index (χ4n) is 2.13. The van der Waals surface area contributed by atoms with Gasteiger partial charge in [0.05, 0.1) is 7.11 Å². The molecule has 0 atom stereocenters. The van der Waals surface area contributed by atoms with Crippen molar-refractivity contribution in [1.82, 2.24) is 0 Å². The van der Waals surface area contributed by atoms with Crippen LogP contribution in [0.1, 0.15) is 77.6 Å². The summed E-state index contributed by atoms with van der Waals surface area (Å²) in [5.41, 5.74) is 0. The third-order valence-electron chi connectivity index (χ3n) is 3.52. The number of carbonyl (C=O) groups is 2. The van der Waals surface area contributed by atoms with Crippen LogP contribution in [-0.4, -0.2) is 18.9 Å². The molecule has 0 aromatic carbocycles. The molecular weight excluding hydrogens is 276 g/mol. The van der Waals surface area contributed by atoms with E-state index in [4.69, 9.17) is 0 Å². The molecule has 0 unspecified atom stereocenters. The number of hydrogen-bond acceptors (Lipinski definition) is 3. The van der Waals surface area contributed by atoms with Crippen molar-refractivity contribution >= 4 is 11.8 Å². The topological polar surface area (TPSA) is 43.4 Å². The maximum atomic E-state index is 11.5. The first kappa shape index (κ1) is 20.6. The van der Waals surface area contributed by atoms with E-state index in [-0.39, 0.29) is 11.8 Å². The minimum Gasteiger partial charge on any atom is -0.469 e. The van der Waals surface area contributed by atoms with Gasteiger partial charge in [-0.3, -0.25) is 9.59 Å². The summed E-state index contributed by atoms with van der Waals surface area (Å²) in [6, 6.07) is 0. The number of allylic oxidation sites excluding steroid dienone is 4. The highest BCUT2D eigenvalue weighted by Crippen LogP contribution is 2.08. The molecule has 3 nitrogen and oxygen atoms in total. The van der Waals surface area contributed by atoms with E-state index in [9.17, 15) is 9.59 Å². The summed E-state index contributed by atoms with van der Waals surface area (Å²) in [5, 5.41) is 0. The maximum absolute atomic E-state index is 11.5. The number of ether oxygens (including phenoxy) is 1. The Kier molecular flexibility index (Phi) is 15.0. The van der Waals surface area contributed by atoms with Gasteiger partial charge < -0.3 is 4.74 Å². The minimum atomic E-state index is -0.121. The van der Waals surface area contributed by atoms with Crippen molar-refractivity contribution in [2.45, 2.75) is 77.6 Å². The second-order valence-electron chi connectivity index (χ2n) is 5.59. The number of methoxy groups -OCH3 is 1. The summed E-state index contributed by atoms with van der Waals surface area (Å²) in [6.07, 6.45) is 18.7. The zero-order chi connectivity index (χ0) is 16.5. The van der Waals surface area contributed by atoms with E-state index in [2.05, 4.69) is 11.7 Å². The van der Waals surface area contributed by atoms with Gasteiger partial charge in [-0.25, -0.2) is 0 Å². The normalized spacial score (nSPS) is 11.4. The van der Waals surface area contributed by atoms with Crippen LogP contribution in [0.4, 0.5) is 0 Å². The maximum Gasteiger partial charge on any atom is 0.305 e. The first-order chi connectivity index (χ1) is 10.7. The van der Waals surface area contributed by atoms with Crippen LogP contribution in [0.2, 0.25) is 0 Å². The van der Waals surface area contributed by atoms with Crippen molar-refractivity contribution in [3.8, 4) is 0 Å². The Morgan fingerprint density at radius 1 is 0.818 bits per heavy atom. The van der Waals surface area contributed by atoms with Gasteiger partial charge in [0, 0.05) is 6.42 Å². The van der Waals surface area contributed by atoms with Crippen molar-refractivity contribution < 1.29 is 14.3 Å². The third kappa shape index (κ3) is 15.0. The SMILES string of the molecule is CCCCCC=CC(=O)C=CCCCCCCCC(=O)OC. The molecule has 0 fully saturated rings. The predicted molar refractivity (Wildman–Crippen MR) is 91.8 cm³/mol. The average Bonchev–Trinajstić information content (AvgIpc) is 2.52. The molecule has 0 rings (SSSR count). The third-order valence-corrected chi connectivity index (χ3v) is 3.52. The van der Waals surface area contributed by atoms with Crippen molar-refractivity contribution in [2.24, 2.45) is 0 Å². The Morgan fingerprint density at radius 2 is 1.36 bits per heavy atom. The van der Waals surface area contributed by atoms with Crippen LogP contribution in [0.3, 0.4) is 0 Å². The standard InChI is InChI=1S/C19H32O3/c1-3-4-5-9-12-15-18(20)16-13-10-7-6-8-11-14-17-19(21)22-2/h12-13,15-16H,3-11,14,17H2,1-2H3. The van der Waals surface area contributed by atoms with Gasteiger partial charge in [0.15, 0.2) is 5.78 Å². The smallest absolute Gasteiger partial charge is 0.305 e. The number of hydrogen-bond donors (Lipinski definition) is 0. The van der Waals surface area contributed by atoms with E-state index in [0.717, 1.165) is 44.9 Å². The summed E-state index contributed by atoms with van der Waals surface area (Å²) < 4.78 is 4.59. The van der Waals surface area contributed by atoms with Gasteiger partial charge >= 0.3 is 5.97 Å². The van der Waals surface area contributed by atoms with Crippen LogP contribution in [0.15, 0.2) is 24.3 Å². The molecule has 0 aromatic heterocycles. The lowest BCUT2D eigenvalue weighted by atomic mass is 10.1. The second-order valence-corrected chi connectivity index (χ2v) is 5.59. The monoisotopic (exact) mass is 308 g/mol. The highest BCUT2D eigenvalue weighted by Gasteiger charge is 1.98. The van der Waals surface area contributed by atoms with Crippen molar-refractivity contribution in [3.63, 3.8) is 0 Å². The lowest BCUT2D eigenvalue weighted by Crippen LogP contribution is -1.99. The van der Waals surface area contributed by atoms with E-state index in [0.29, 0.717) is 6.42 Å². The van der Waals surface area contributed by atoms with E-state index in [1.54, 1.807) is 12.2 Å². The molecule has 0 spiro atoms. The van der Waals surface area contributed by atoms with Gasteiger partial charge in [0.1, 0.15) is 0 Å². The quantitative estimate of drug-likeness (QED) is 0.253. The summed E-state index contributed by atoms with van der Waals surface area (Å²) >= 11 is 0. The first-order valence-electron chi connectivity index (χ1n) is 8.64. The molecule has 0 heterocycles. The number of ketones is 1. The molecule has 0 amide bonds. The number of carbonyl (C=O) groups excluding carboxylic acids is 2. The molecule has 0 aliphatic rings. The molecule has 22 heavy (non-hydrogen) atoms.